The van der Waals surface area contributed by atoms with Gasteiger partial charge in [0.25, 0.3) is 0 Å². The van der Waals surface area contributed by atoms with Crippen LogP contribution in [-0.4, -0.2) is 13.3 Å². The Kier molecular flexibility index (Phi) is 3.66. The molecule has 0 aromatic heterocycles. The quantitative estimate of drug-likeness (QED) is 0.341. The maximum absolute atomic E-state index is 13.1. The molecule has 0 radical (unpaired) electrons. The molecule has 0 fully saturated rings. The van der Waals surface area contributed by atoms with E-state index in [0.717, 1.165) is 0 Å². The Morgan fingerprint density at radius 3 is 1.50 bits per heavy atom. The molecule has 0 bridgehead atoms. The SMILES string of the molecule is CCN(CF)c1c(F)c(F)c(F)c(F)c1F. The number of hydrogen-bond donors (Lipinski definition) is 0. The van der Waals surface area contributed by atoms with Gasteiger partial charge in [-0.25, -0.2) is 26.3 Å². The summed E-state index contributed by atoms with van der Waals surface area (Å²) in [5.41, 5.74) is -1.25. The standard InChI is InChI=1S/C9H7F6N/c1-2-16(3-10)9-7(14)5(12)4(11)6(13)8(9)15/h2-3H2,1H3. The van der Waals surface area contributed by atoms with Crippen LogP contribution in [0.15, 0.2) is 0 Å². The fourth-order valence-electron chi connectivity index (χ4n) is 1.17. The Balaban J connectivity index is 3.50. The first-order valence-electron chi connectivity index (χ1n) is 4.28. The molecule has 0 N–H and O–H groups in total. The molecule has 0 unspecified atom stereocenters. The van der Waals surface area contributed by atoms with Crippen LogP contribution in [0.5, 0.6) is 0 Å². The fraction of sp³-hybridized carbons (Fsp3) is 0.333. The van der Waals surface area contributed by atoms with E-state index in [1.165, 1.54) is 6.92 Å². The summed E-state index contributed by atoms with van der Waals surface area (Å²) in [6, 6.07) is 0. The molecule has 1 rings (SSSR count). The number of anilines is 1. The average Bonchev–Trinajstić information content (AvgIpc) is 2.29. The zero-order valence-electron chi connectivity index (χ0n) is 8.13. The highest BCUT2D eigenvalue weighted by molar-refractivity contribution is 5.50. The van der Waals surface area contributed by atoms with Crippen LogP contribution >= 0.6 is 0 Å². The van der Waals surface area contributed by atoms with Gasteiger partial charge in [0.2, 0.25) is 5.82 Å². The van der Waals surface area contributed by atoms with Crippen molar-refractivity contribution in [3.8, 4) is 0 Å². The number of halogens is 6. The first-order chi connectivity index (χ1) is 7.45. The summed E-state index contributed by atoms with van der Waals surface area (Å²) in [5, 5.41) is 0. The van der Waals surface area contributed by atoms with E-state index >= 15 is 0 Å². The van der Waals surface area contributed by atoms with Crippen LogP contribution in [0, 0.1) is 29.1 Å². The van der Waals surface area contributed by atoms with E-state index in [1.54, 1.807) is 0 Å². The number of benzene rings is 1. The van der Waals surface area contributed by atoms with Crippen LogP contribution in [0.4, 0.5) is 32.0 Å². The molecule has 0 spiro atoms. The molecule has 1 aromatic carbocycles. The topological polar surface area (TPSA) is 3.24 Å². The van der Waals surface area contributed by atoms with Crippen LogP contribution in [-0.2, 0) is 0 Å². The maximum atomic E-state index is 13.1. The van der Waals surface area contributed by atoms with Gasteiger partial charge in [0.15, 0.2) is 30.1 Å². The molecular weight excluding hydrogens is 236 g/mol. The summed E-state index contributed by atoms with van der Waals surface area (Å²) in [4.78, 5) is 0.399. The molecule has 0 saturated carbocycles. The van der Waals surface area contributed by atoms with Gasteiger partial charge in [-0.05, 0) is 6.92 Å². The minimum atomic E-state index is -2.26. The van der Waals surface area contributed by atoms with E-state index in [2.05, 4.69) is 0 Å². The molecule has 90 valence electrons. The summed E-state index contributed by atoms with van der Waals surface area (Å²) in [5.74, 6) is -10.5. The molecule has 0 aliphatic carbocycles. The lowest BCUT2D eigenvalue weighted by atomic mass is 10.2. The van der Waals surface area contributed by atoms with Gasteiger partial charge in [0, 0.05) is 6.54 Å². The summed E-state index contributed by atoms with van der Waals surface area (Å²) < 4.78 is 76.6. The monoisotopic (exact) mass is 243 g/mol. The van der Waals surface area contributed by atoms with Gasteiger partial charge in [-0.15, -0.1) is 0 Å². The van der Waals surface area contributed by atoms with Gasteiger partial charge in [0.05, 0.1) is 0 Å². The van der Waals surface area contributed by atoms with Crippen molar-refractivity contribution < 1.29 is 26.3 Å². The first-order valence-corrected chi connectivity index (χ1v) is 4.28. The lowest BCUT2D eigenvalue weighted by Gasteiger charge is -2.20. The molecule has 0 heterocycles. The second-order valence-corrected chi connectivity index (χ2v) is 2.89. The van der Waals surface area contributed by atoms with Crippen LogP contribution in [0.2, 0.25) is 0 Å². The minimum absolute atomic E-state index is 0.227. The van der Waals surface area contributed by atoms with Crippen molar-refractivity contribution >= 4 is 5.69 Å². The van der Waals surface area contributed by atoms with Gasteiger partial charge in [-0.3, -0.25) is 0 Å². The molecular formula is C9H7F6N. The van der Waals surface area contributed by atoms with Crippen LogP contribution in [0.3, 0.4) is 0 Å². The zero-order valence-corrected chi connectivity index (χ0v) is 8.13. The van der Waals surface area contributed by atoms with Crippen molar-refractivity contribution in [3.05, 3.63) is 29.1 Å². The molecule has 0 aliphatic rings. The normalized spacial score (nSPS) is 10.7. The molecule has 0 saturated heterocycles. The zero-order chi connectivity index (χ0) is 12.5. The molecule has 1 nitrogen and oxygen atoms in total. The summed E-state index contributed by atoms with van der Waals surface area (Å²) in [7, 11) is 0. The van der Waals surface area contributed by atoms with Crippen molar-refractivity contribution in [2.24, 2.45) is 0 Å². The van der Waals surface area contributed by atoms with Crippen molar-refractivity contribution in [1.29, 1.82) is 0 Å². The van der Waals surface area contributed by atoms with Crippen molar-refractivity contribution in [1.82, 2.24) is 0 Å². The lowest BCUT2D eigenvalue weighted by molar-refractivity contribution is 0.373. The Hall–Kier alpha value is -1.40. The Bertz CT molecular complexity index is 372. The van der Waals surface area contributed by atoms with Crippen molar-refractivity contribution in [2.75, 3.05) is 18.2 Å². The van der Waals surface area contributed by atoms with Crippen molar-refractivity contribution in [3.63, 3.8) is 0 Å². The fourth-order valence-corrected chi connectivity index (χ4v) is 1.17. The van der Waals surface area contributed by atoms with Gasteiger partial charge in [-0.2, -0.15) is 0 Å². The van der Waals surface area contributed by atoms with Gasteiger partial charge in [0.1, 0.15) is 5.69 Å². The molecule has 0 aliphatic heterocycles. The molecule has 1 aromatic rings. The predicted octanol–water partition coefficient (Wildman–Crippen LogP) is 3.14. The summed E-state index contributed by atoms with van der Waals surface area (Å²) in [6.45, 7) is -0.263. The van der Waals surface area contributed by atoms with E-state index in [0.29, 0.717) is 4.90 Å². The molecule has 16 heavy (non-hydrogen) atoms. The summed E-state index contributed by atoms with van der Waals surface area (Å²) >= 11 is 0. The third-order valence-electron chi connectivity index (χ3n) is 2.03. The number of rotatable bonds is 3. The number of alkyl halides is 1. The highest BCUT2D eigenvalue weighted by atomic mass is 19.2. The van der Waals surface area contributed by atoms with Crippen LogP contribution in [0.25, 0.3) is 0 Å². The first kappa shape index (κ1) is 12.7. The molecule has 0 atom stereocenters. The Morgan fingerprint density at radius 1 is 0.812 bits per heavy atom. The van der Waals surface area contributed by atoms with E-state index in [-0.39, 0.29) is 6.54 Å². The second kappa shape index (κ2) is 4.63. The van der Waals surface area contributed by atoms with Crippen LogP contribution < -0.4 is 4.90 Å². The van der Waals surface area contributed by atoms with Crippen molar-refractivity contribution in [2.45, 2.75) is 6.92 Å². The Morgan fingerprint density at radius 2 is 1.19 bits per heavy atom. The third-order valence-corrected chi connectivity index (χ3v) is 2.03. The van der Waals surface area contributed by atoms with Gasteiger partial charge in [-0.1, -0.05) is 0 Å². The minimum Gasteiger partial charge on any atom is -0.340 e. The molecule has 0 amide bonds. The van der Waals surface area contributed by atoms with E-state index in [9.17, 15) is 26.3 Å². The summed E-state index contributed by atoms with van der Waals surface area (Å²) in [6.07, 6.45) is 0. The van der Waals surface area contributed by atoms with E-state index in [1.807, 2.05) is 0 Å². The maximum Gasteiger partial charge on any atom is 0.200 e. The smallest absolute Gasteiger partial charge is 0.200 e. The van der Waals surface area contributed by atoms with Gasteiger partial charge < -0.3 is 4.90 Å². The second-order valence-electron chi connectivity index (χ2n) is 2.89. The predicted molar refractivity (Wildman–Crippen MR) is 45.2 cm³/mol. The highest BCUT2D eigenvalue weighted by Gasteiger charge is 2.28. The van der Waals surface area contributed by atoms with E-state index in [4.69, 9.17) is 0 Å². The number of hydrogen-bond acceptors (Lipinski definition) is 1. The van der Waals surface area contributed by atoms with E-state index < -0.39 is 41.6 Å². The molecule has 7 heteroatoms. The number of nitrogens with zero attached hydrogens (tertiary/aromatic N) is 1. The van der Waals surface area contributed by atoms with Gasteiger partial charge >= 0.3 is 0 Å². The van der Waals surface area contributed by atoms with Crippen LogP contribution in [0.1, 0.15) is 6.92 Å². The lowest BCUT2D eigenvalue weighted by Crippen LogP contribution is -2.25. The average molecular weight is 243 g/mol. The largest absolute Gasteiger partial charge is 0.340 e. The third kappa shape index (κ3) is 1.81. The highest BCUT2D eigenvalue weighted by Crippen LogP contribution is 2.29. The Labute approximate surface area is 87.3 Å².